The Morgan fingerprint density at radius 1 is 0.931 bits per heavy atom. The van der Waals surface area contributed by atoms with Gasteiger partial charge >= 0.3 is 5.97 Å². The van der Waals surface area contributed by atoms with Crippen molar-refractivity contribution in [2.45, 2.75) is 84.3 Å². The van der Waals surface area contributed by atoms with Crippen LogP contribution in [0.4, 0.5) is 0 Å². The molecule has 6 heteroatoms. The molecule has 0 unspecified atom stereocenters. The number of alkyl halides is 1. The number of nitrogens with zero attached hydrogens (tertiary/aromatic N) is 1. The molecule has 0 spiro atoms. The van der Waals surface area contributed by atoms with E-state index in [1.165, 1.54) is 24.3 Å². The van der Waals surface area contributed by atoms with Gasteiger partial charge in [0.2, 0.25) is 5.91 Å². The molecule has 0 aliphatic carbocycles. The molecule has 0 aromatic heterocycles. The number of halogens is 1. The van der Waals surface area contributed by atoms with E-state index in [1.54, 1.807) is 0 Å². The van der Waals surface area contributed by atoms with Crippen molar-refractivity contribution in [2.24, 2.45) is 0 Å². The molecule has 164 valence electrons. The van der Waals surface area contributed by atoms with Gasteiger partial charge in [0.15, 0.2) is 0 Å². The highest BCUT2D eigenvalue weighted by Gasteiger charge is 2.20. The molecule has 0 aliphatic rings. The molecule has 0 heterocycles. The Morgan fingerprint density at radius 2 is 1.55 bits per heavy atom. The van der Waals surface area contributed by atoms with Crippen LogP contribution in [-0.4, -0.2) is 34.4 Å². The molecule has 1 aromatic rings. The van der Waals surface area contributed by atoms with E-state index in [-0.39, 0.29) is 24.8 Å². The Balaban J connectivity index is 2.47. The van der Waals surface area contributed by atoms with Gasteiger partial charge in [0, 0.05) is 11.8 Å². The van der Waals surface area contributed by atoms with E-state index in [0.29, 0.717) is 13.0 Å². The summed E-state index contributed by atoms with van der Waals surface area (Å²) in [6.45, 7) is 5.99. The van der Waals surface area contributed by atoms with Crippen molar-refractivity contribution < 1.29 is 19.2 Å². The Bertz CT molecular complexity index is 586. The number of hydrogen-bond acceptors (Lipinski definition) is 4. The zero-order valence-corrected chi connectivity index (χ0v) is 19.7. The van der Waals surface area contributed by atoms with Crippen LogP contribution in [0.2, 0.25) is 0 Å². The highest BCUT2D eigenvalue weighted by atomic mass is 79.9. The lowest BCUT2D eigenvalue weighted by molar-refractivity contribution is -0.194. The van der Waals surface area contributed by atoms with Gasteiger partial charge in [-0.1, -0.05) is 71.9 Å². The Morgan fingerprint density at radius 3 is 2.17 bits per heavy atom. The lowest BCUT2D eigenvalue weighted by atomic mass is 10.1. The number of esters is 1. The Labute approximate surface area is 184 Å². The Kier molecular flexibility index (Phi) is 12.9. The summed E-state index contributed by atoms with van der Waals surface area (Å²) in [5.74, 6) is -0.407. The number of ether oxygens (including phenoxy) is 1. The summed E-state index contributed by atoms with van der Waals surface area (Å²) in [6.07, 6.45) is 7.19. The summed E-state index contributed by atoms with van der Waals surface area (Å²) in [5, 5.41) is 2.39. The van der Waals surface area contributed by atoms with Crippen molar-refractivity contribution >= 4 is 27.8 Å². The van der Waals surface area contributed by atoms with Crippen molar-refractivity contribution in [2.75, 3.05) is 11.9 Å². The van der Waals surface area contributed by atoms with E-state index in [4.69, 9.17) is 9.57 Å². The predicted octanol–water partition coefficient (Wildman–Crippen LogP) is 5.80. The third kappa shape index (κ3) is 13.4. The molecule has 0 radical (unpaired) electrons. The van der Waals surface area contributed by atoms with Crippen LogP contribution in [-0.2, 0) is 25.8 Å². The van der Waals surface area contributed by atoms with Crippen LogP contribution >= 0.6 is 15.9 Å². The maximum absolute atomic E-state index is 12.6. The van der Waals surface area contributed by atoms with Gasteiger partial charge in [0.05, 0.1) is 13.0 Å². The molecule has 1 amide bonds. The van der Waals surface area contributed by atoms with Gasteiger partial charge in [-0.05, 0) is 39.2 Å². The molecule has 0 N–H and O–H groups in total. The SMILES string of the molecule is CC(C)(C)OC(=O)CCN(OCc1ccccc1)C(=O)CCCCCCCCBr. The number of hydrogen-bond donors (Lipinski definition) is 0. The number of carbonyl (C=O) groups is 2. The van der Waals surface area contributed by atoms with Gasteiger partial charge in [-0.15, -0.1) is 0 Å². The molecular formula is C23H36BrNO4. The largest absolute Gasteiger partial charge is 0.460 e. The topological polar surface area (TPSA) is 55.8 Å². The van der Waals surface area contributed by atoms with Gasteiger partial charge in [-0.2, -0.15) is 0 Å². The summed E-state index contributed by atoms with van der Waals surface area (Å²) >= 11 is 3.44. The van der Waals surface area contributed by atoms with E-state index in [2.05, 4.69) is 15.9 Å². The number of carbonyl (C=O) groups excluding carboxylic acids is 2. The van der Waals surface area contributed by atoms with Crippen molar-refractivity contribution in [1.82, 2.24) is 5.06 Å². The fourth-order valence-corrected chi connectivity index (χ4v) is 3.17. The first-order valence-corrected chi connectivity index (χ1v) is 11.7. The monoisotopic (exact) mass is 469 g/mol. The van der Waals surface area contributed by atoms with Crippen molar-refractivity contribution in [3.63, 3.8) is 0 Å². The van der Waals surface area contributed by atoms with Crippen molar-refractivity contribution in [1.29, 1.82) is 0 Å². The van der Waals surface area contributed by atoms with Gasteiger partial charge in [0.1, 0.15) is 12.2 Å². The molecule has 5 nitrogen and oxygen atoms in total. The first kappa shape index (κ1) is 25.6. The summed E-state index contributed by atoms with van der Waals surface area (Å²) in [7, 11) is 0. The Hall–Kier alpha value is -1.40. The molecule has 1 aromatic carbocycles. The van der Waals surface area contributed by atoms with E-state index < -0.39 is 5.60 Å². The van der Waals surface area contributed by atoms with Crippen LogP contribution in [0.25, 0.3) is 0 Å². The van der Waals surface area contributed by atoms with Crippen LogP contribution in [0, 0.1) is 0 Å². The van der Waals surface area contributed by atoms with Gasteiger partial charge in [-0.3, -0.25) is 14.4 Å². The third-order valence-electron chi connectivity index (χ3n) is 4.22. The van der Waals surface area contributed by atoms with E-state index in [1.807, 2.05) is 51.1 Å². The molecule has 1 rings (SSSR count). The van der Waals surface area contributed by atoms with Crippen LogP contribution in [0.1, 0.15) is 77.7 Å². The standard InChI is InChI=1S/C23H36BrNO4/c1-23(2,3)29-22(27)16-18-25(28-19-20-13-9-8-10-14-20)21(26)15-11-6-4-5-7-12-17-24/h8-10,13-14H,4-7,11-12,15-19H2,1-3H3. The fourth-order valence-electron chi connectivity index (χ4n) is 2.78. The smallest absolute Gasteiger partial charge is 0.308 e. The summed E-state index contributed by atoms with van der Waals surface area (Å²) in [5.41, 5.74) is 0.445. The van der Waals surface area contributed by atoms with Crippen LogP contribution in [0.5, 0.6) is 0 Å². The molecule has 0 bridgehead atoms. The van der Waals surface area contributed by atoms with E-state index >= 15 is 0 Å². The fraction of sp³-hybridized carbons (Fsp3) is 0.652. The molecule has 0 saturated heterocycles. The molecule has 0 saturated carbocycles. The van der Waals surface area contributed by atoms with Crippen LogP contribution in [0.15, 0.2) is 30.3 Å². The van der Waals surface area contributed by atoms with Gasteiger partial charge < -0.3 is 4.74 Å². The second kappa shape index (κ2) is 14.6. The molecule has 29 heavy (non-hydrogen) atoms. The second-order valence-corrected chi connectivity index (χ2v) is 8.94. The quantitative estimate of drug-likeness (QED) is 0.149. The minimum atomic E-state index is -0.536. The van der Waals surface area contributed by atoms with Crippen molar-refractivity contribution in [3.05, 3.63) is 35.9 Å². The first-order valence-electron chi connectivity index (χ1n) is 10.6. The molecule has 0 fully saturated rings. The van der Waals surface area contributed by atoms with Gasteiger partial charge in [0.25, 0.3) is 0 Å². The maximum Gasteiger partial charge on any atom is 0.308 e. The van der Waals surface area contributed by atoms with E-state index in [0.717, 1.165) is 30.2 Å². The minimum Gasteiger partial charge on any atom is -0.460 e. The first-order chi connectivity index (χ1) is 13.8. The highest BCUT2D eigenvalue weighted by molar-refractivity contribution is 9.09. The lowest BCUT2D eigenvalue weighted by Crippen LogP contribution is -2.34. The summed E-state index contributed by atoms with van der Waals surface area (Å²) in [6, 6.07) is 9.70. The zero-order valence-electron chi connectivity index (χ0n) is 18.1. The average molecular weight is 470 g/mol. The van der Waals surface area contributed by atoms with Crippen LogP contribution < -0.4 is 0 Å². The van der Waals surface area contributed by atoms with Crippen molar-refractivity contribution in [3.8, 4) is 0 Å². The van der Waals surface area contributed by atoms with Gasteiger partial charge in [-0.25, -0.2) is 5.06 Å². The molecule has 0 aliphatic heterocycles. The normalized spacial score (nSPS) is 11.3. The summed E-state index contributed by atoms with van der Waals surface area (Å²) in [4.78, 5) is 30.4. The van der Waals surface area contributed by atoms with Crippen LogP contribution in [0.3, 0.4) is 0 Å². The number of unbranched alkanes of at least 4 members (excludes halogenated alkanes) is 5. The predicted molar refractivity (Wildman–Crippen MR) is 120 cm³/mol. The number of amides is 1. The average Bonchev–Trinajstić information content (AvgIpc) is 2.66. The molecular weight excluding hydrogens is 434 g/mol. The van der Waals surface area contributed by atoms with E-state index in [9.17, 15) is 9.59 Å². The third-order valence-corrected chi connectivity index (χ3v) is 4.78. The molecule has 0 atom stereocenters. The number of hydroxylamine groups is 2. The maximum atomic E-state index is 12.6. The zero-order chi connectivity index (χ0) is 21.5. The number of rotatable bonds is 14. The highest BCUT2D eigenvalue weighted by Crippen LogP contribution is 2.13. The second-order valence-electron chi connectivity index (χ2n) is 8.15. The lowest BCUT2D eigenvalue weighted by Gasteiger charge is -2.24. The summed E-state index contributed by atoms with van der Waals surface area (Å²) < 4.78 is 5.34. The minimum absolute atomic E-state index is 0.0788. The number of benzene rings is 1.